The van der Waals surface area contributed by atoms with E-state index in [-0.39, 0.29) is 5.91 Å². The molecule has 3 rings (SSSR count). The van der Waals surface area contributed by atoms with Gasteiger partial charge in [0.2, 0.25) is 5.91 Å². The Morgan fingerprint density at radius 3 is 2.68 bits per heavy atom. The topological polar surface area (TPSA) is 49.4 Å². The molecule has 1 aromatic carbocycles. The van der Waals surface area contributed by atoms with Gasteiger partial charge in [-0.2, -0.15) is 13.2 Å². The quantitative estimate of drug-likeness (QED) is 0.912. The molecule has 1 N–H and O–H groups in total. The van der Waals surface area contributed by atoms with Gasteiger partial charge in [-0.1, -0.05) is 6.07 Å². The van der Waals surface area contributed by atoms with Gasteiger partial charge in [0.05, 0.1) is 6.04 Å². The van der Waals surface area contributed by atoms with E-state index in [4.69, 9.17) is 0 Å². The van der Waals surface area contributed by atoms with Crippen LogP contribution in [-0.2, 0) is 16.0 Å². The van der Waals surface area contributed by atoms with Gasteiger partial charge in [-0.25, -0.2) is 0 Å². The number of carbonyl (C=O) groups is 2. The standard InChI is InChI=1S/C15H15F3N2O2/c16-15(17,18)14(22)19-12-6-3-9-8-10(4-5-11(9)12)20-7-1-2-13(20)21/h4-5,8,12H,1-3,6-7H2,(H,19,22). The second-order valence-corrected chi connectivity index (χ2v) is 5.59. The molecule has 1 fully saturated rings. The van der Waals surface area contributed by atoms with Gasteiger partial charge in [0, 0.05) is 18.7 Å². The Kier molecular flexibility index (Phi) is 3.58. The molecule has 0 spiro atoms. The zero-order valence-corrected chi connectivity index (χ0v) is 11.7. The monoisotopic (exact) mass is 312 g/mol. The van der Waals surface area contributed by atoms with Crippen molar-refractivity contribution in [1.82, 2.24) is 5.32 Å². The van der Waals surface area contributed by atoms with Gasteiger partial charge in [0.1, 0.15) is 0 Å². The SMILES string of the molecule is O=C1CCCN1c1ccc2c(c1)CCC2NC(=O)C(F)(F)F. The van der Waals surface area contributed by atoms with Crippen molar-refractivity contribution in [3.63, 3.8) is 0 Å². The third-order valence-corrected chi connectivity index (χ3v) is 4.15. The number of anilines is 1. The molecule has 0 saturated carbocycles. The van der Waals surface area contributed by atoms with Gasteiger partial charge in [-0.15, -0.1) is 0 Å². The number of benzene rings is 1. The molecule has 2 aliphatic rings. The molecule has 1 aliphatic heterocycles. The lowest BCUT2D eigenvalue weighted by atomic mass is 10.1. The zero-order valence-electron chi connectivity index (χ0n) is 11.7. The molecule has 0 bridgehead atoms. The fourth-order valence-corrected chi connectivity index (χ4v) is 3.08. The summed E-state index contributed by atoms with van der Waals surface area (Å²) in [7, 11) is 0. The minimum Gasteiger partial charge on any atom is -0.341 e. The molecule has 1 aliphatic carbocycles. The van der Waals surface area contributed by atoms with Gasteiger partial charge in [-0.05, 0) is 42.5 Å². The number of amides is 2. The Morgan fingerprint density at radius 1 is 1.27 bits per heavy atom. The number of fused-ring (bicyclic) bond motifs is 1. The van der Waals surface area contributed by atoms with Crippen LogP contribution in [0.5, 0.6) is 0 Å². The number of hydrogen-bond acceptors (Lipinski definition) is 2. The van der Waals surface area contributed by atoms with E-state index in [0.29, 0.717) is 31.4 Å². The fraction of sp³-hybridized carbons (Fsp3) is 0.467. The summed E-state index contributed by atoms with van der Waals surface area (Å²) in [5, 5.41) is 2.03. The lowest BCUT2D eigenvalue weighted by Crippen LogP contribution is -2.38. The van der Waals surface area contributed by atoms with E-state index >= 15 is 0 Å². The first-order valence-electron chi connectivity index (χ1n) is 7.17. The van der Waals surface area contributed by atoms with Crippen LogP contribution >= 0.6 is 0 Å². The Morgan fingerprint density at radius 2 is 2.05 bits per heavy atom. The number of nitrogens with one attached hydrogen (secondary N) is 1. The van der Waals surface area contributed by atoms with Gasteiger partial charge in [-0.3, -0.25) is 9.59 Å². The number of halogens is 3. The van der Waals surface area contributed by atoms with Gasteiger partial charge < -0.3 is 10.2 Å². The average Bonchev–Trinajstić information content (AvgIpc) is 3.04. The smallest absolute Gasteiger partial charge is 0.341 e. The van der Waals surface area contributed by atoms with Crippen molar-refractivity contribution in [3.8, 4) is 0 Å². The number of aryl methyl sites for hydroxylation is 1. The van der Waals surface area contributed by atoms with Crippen LogP contribution in [0.1, 0.15) is 36.4 Å². The van der Waals surface area contributed by atoms with E-state index < -0.39 is 18.1 Å². The number of nitrogens with zero attached hydrogens (tertiary/aromatic N) is 1. The molecule has 4 nitrogen and oxygen atoms in total. The molecule has 1 heterocycles. The molecule has 1 aromatic rings. The Hall–Kier alpha value is -2.05. The molecule has 1 unspecified atom stereocenters. The van der Waals surface area contributed by atoms with E-state index in [0.717, 1.165) is 17.7 Å². The molecular weight excluding hydrogens is 297 g/mol. The van der Waals surface area contributed by atoms with E-state index in [2.05, 4.69) is 0 Å². The summed E-state index contributed by atoms with van der Waals surface area (Å²) < 4.78 is 37.0. The number of alkyl halides is 3. The summed E-state index contributed by atoms with van der Waals surface area (Å²) in [6.07, 6.45) is -2.49. The lowest BCUT2D eigenvalue weighted by molar-refractivity contribution is -0.174. The maximum atomic E-state index is 12.3. The Balaban J connectivity index is 1.78. The van der Waals surface area contributed by atoms with E-state index in [1.807, 2.05) is 11.4 Å². The highest BCUT2D eigenvalue weighted by atomic mass is 19.4. The van der Waals surface area contributed by atoms with E-state index in [1.54, 1.807) is 17.0 Å². The van der Waals surface area contributed by atoms with Crippen molar-refractivity contribution in [3.05, 3.63) is 29.3 Å². The lowest BCUT2D eigenvalue weighted by Gasteiger charge is -2.18. The van der Waals surface area contributed by atoms with Crippen LogP contribution in [-0.4, -0.2) is 24.5 Å². The zero-order chi connectivity index (χ0) is 15.9. The van der Waals surface area contributed by atoms with Crippen LogP contribution in [0.3, 0.4) is 0 Å². The number of hydrogen-bond donors (Lipinski definition) is 1. The van der Waals surface area contributed by atoms with Crippen molar-refractivity contribution < 1.29 is 22.8 Å². The second kappa shape index (κ2) is 5.30. The summed E-state index contributed by atoms with van der Waals surface area (Å²) in [6, 6.07) is 4.68. The first kappa shape index (κ1) is 14.9. The number of rotatable bonds is 2. The summed E-state index contributed by atoms with van der Waals surface area (Å²) in [5.41, 5.74) is 2.38. The summed E-state index contributed by atoms with van der Waals surface area (Å²) in [4.78, 5) is 24.5. The Bertz CT molecular complexity index is 628. The summed E-state index contributed by atoms with van der Waals surface area (Å²) in [6.45, 7) is 0.672. The summed E-state index contributed by atoms with van der Waals surface area (Å²) in [5.74, 6) is -1.84. The van der Waals surface area contributed by atoms with Crippen LogP contribution in [0.25, 0.3) is 0 Å². The normalized spacial score (nSPS) is 21.1. The molecular formula is C15H15F3N2O2. The summed E-state index contributed by atoms with van der Waals surface area (Å²) >= 11 is 0. The van der Waals surface area contributed by atoms with Gasteiger partial charge in [0.25, 0.3) is 0 Å². The maximum absolute atomic E-state index is 12.3. The third kappa shape index (κ3) is 2.67. The molecule has 0 aromatic heterocycles. The van der Waals surface area contributed by atoms with Crippen molar-refractivity contribution in [2.45, 2.75) is 37.9 Å². The van der Waals surface area contributed by atoms with Crippen LogP contribution in [0.4, 0.5) is 18.9 Å². The highest BCUT2D eigenvalue weighted by Gasteiger charge is 2.40. The second-order valence-electron chi connectivity index (χ2n) is 5.59. The van der Waals surface area contributed by atoms with Crippen LogP contribution in [0.2, 0.25) is 0 Å². The average molecular weight is 312 g/mol. The minimum absolute atomic E-state index is 0.0693. The molecule has 0 radical (unpaired) electrons. The predicted molar refractivity (Wildman–Crippen MR) is 73.3 cm³/mol. The molecule has 2 amide bonds. The first-order chi connectivity index (χ1) is 10.4. The molecule has 22 heavy (non-hydrogen) atoms. The van der Waals surface area contributed by atoms with Gasteiger partial charge in [0.15, 0.2) is 0 Å². The Labute approximate surface area is 125 Å². The largest absolute Gasteiger partial charge is 0.471 e. The third-order valence-electron chi connectivity index (χ3n) is 4.15. The predicted octanol–water partition coefficient (Wildman–Crippen LogP) is 2.48. The van der Waals surface area contributed by atoms with Crippen LogP contribution < -0.4 is 10.2 Å². The van der Waals surface area contributed by atoms with E-state index in [9.17, 15) is 22.8 Å². The fourth-order valence-electron chi connectivity index (χ4n) is 3.08. The van der Waals surface area contributed by atoms with Crippen LogP contribution in [0, 0.1) is 0 Å². The first-order valence-corrected chi connectivity index (χ1v) is 7.17. The molecule has 7 heteroatoms. The minimum atomic E-state index is -4.87. The van der Waals surface area contributed by atoms with Crippen LogP contribution in [0.15, 0.2) is 18.2 Å². The van der Waals surface area contributed by atoms with Crippen molar-refractivity contribution >= 4 is 17.5 Å². The number of carbonyl (C=O) groups excluding carboxylic acids is 2. The maximum Gasteiger partial charge on any atom is 0.471 e. The molecule has 1 saturated heterocycles. The molecule has 118 valence electrons. The molecule has 1 atom stereocenters. The highest BCUT2D eigenvalue weighted by molar-refractivity contribution is 5.95. The van der Waals surface area contributed by atoms with E-state index in [1.165, 1.54) is 0 Å². The van der Waals surface area contributed by atoms with Gasteiger partial charge >= 0.3 is 12.1 Å². The van der Waals surface area contributed by atoms with Crippen molar-refractivity contribution in [2.24, 2.45) is 0 Å². The highest BCUT2D eigenvalue weighted by Crippen LogP contribution is 2.35. The van der Waals surface area contributed by atoms with Crippen molar-refractivity contribution in [2.75, 3.05) is 11.4 Å². The van der Waals surface area contributed by atoms with Crippen molar-refractivity contribution in [1.29, 1.82) is 0 Å².